The fourth-order valence-electron chi connectivity index (χ4n) is 2.20. The number of carbonyl (C=O) groups excluding carboxylic acids is 1. The summed E-state index contributed by atoms with van der Waals surface area (Å²) in [6.07, 6.45) is 5.14. The first kappa shape index (κ1) is 12.1. The molecule has 1 N–H and O–H groups in total. The monoisotopic (exact) mass is 233 g/mol. The standard InChI is InChI=1S/C14H19NO2/c1-11-5-4-6-12(9-11)10-14(16)15-17-13-7-2-3-8-13/h4-6,9,13H,2-3,7-8,10H2,1H3,(H,15,16). The van der Waals surface area contributed by atoms with E-state index in [-0.39, 0.29) is 12.0 Å². The topological polar surface area (TPSA) is 38.3 Å². The van der Waals surface area contributed by atoms with Crippen LogP contribution in [0.2, 0.25) is 0 Å². The van der Waals surface area contributed by atoms with Gasteiger partial charge in [-0.3, -0.25) is 9.63 Å². The van der Waals surface area contributed by atoms with Crippen LogP contribution in [0.25, 0.3) is 0 Å². The maximum absolute atomic E-state index is 11.6. The molecule has 0 radical (unpaired) electrons. The van der Waals surface area contributed by atoms with Gasteiger partial charge in [0, 0.05) is 0 Å². The number of aryl methyl sites for hydroxylation is 1. The van der Waals surface area contributed by atoms with Gasteiger partial charge in [0.05, 0.1) is 12.5 Å². The molecule has 1 fully saturated rings. The SMILES string of the molecule is Cc1cccc(CC(=O)NOC2CCCC2)c1. The molecule has 0 aliphatic heterocycles. The van der Waals surface area contributed by atoms with E-state index in [1.807, 2.05) is 31.2 Å². The first-order valence-electron chi connectivity index (χ1n) is 6.24. The Morgan fingerprint density at radius 3 is 2.88 bits per heavy atom. The normalized spacial score (nSPS) is 16.1. The fourth-order valence-corrected chi connectivity index (χ4v) is 2.20. The number of rotatable bonds is 4. The molecule has 1 aromatic carbocycles. The minimum absolute atomic E-state index is 0.0671. The lowest BCUT2D eigenvalue weighted by atomic mass is 10.1. The molecule has 0 spiro atoms. The highest BCUT2D eigenvalue weighted by atomic mass is 16.7. The number of benzene rings is 1. The van der Waals surface area contributed by atoms with Crippen LogP contribution in [0.1, 0.15) is 36.8 Å². The van der Waals surface area contributed by atoms with E-state index in [1.165, 1.54) is 18.4 Å². The Kier molecular flexibility index (Phi) is 4.15. The van der Waals surface area contributed by atoms with Crippen molar-refractivity contribution in [2.75, 3.05) is 0 Å². The summed E-state index contributed by atoms with van der Waals surface area (Å²) in [5, 5.41) is 0. The van der Waals surface area contributed by atoms with Gasteiger partial charge >= 0.3 is 0 Å². The van der Waals surface area contributed by atoms with Crippen LogP contribution in [0.3, 0.4) is 0 Å². The van der Waals surface area contributed by atoms with Gasteiger partial charge in [-0.2, -0.15) is 0 Å². The summed E-state index contributed by atoms with van der Waals surface area (Å²) in [4.78, 5) is 17.0. The highest BCUT2D eigenvalue weighted by Gasteiger charge is 2.16. The quantitative estimate of drug-likeness (QED) is 0.811. The Morgan fingerprint density at radius 1 is 1.41 bits per heavy atom. The summed E-state index contributed by atoms with van der Waals surface area (Å²) in [6.45, 7) is 2.02. The van der Waals surface area contributed by atoms with Crippen LogP contribution in [-0.2, 0) is 16.1 Å². The van der Waals surface area contributed by atoms with Crippen molar-refractivity contribution in [3.05, 3.63) is 35.4 Å². The highest BCUT2D eigenvalue weighted by Crippen LogP contribution is 2.19. The summed E-state index contributed by atoms with van der Waals surface area (Å²) in [5.41, 5.74) is 4.75. The van der Waals surface area contributed by atoms with E-state index in [4.69, 9.17) is 4.84 Å². The molecule has 0 heterocycles. The van der Waals surface area contributed by atoms with Crippen molar-refractivity contribution < 1.29 is 9.63 Å². The van der Waals surface area contributed by atoms with Gasteiger partial charge in [0.1, 0.15) is 0 Å². The Hall–Kier alpha value is -1.35. The third-order valence-corrected chi connectivity index (χ3v) is 3.09. The Morgan fingerprint density at radius 2 is 2.18 bits per heavy atom. The number of hydrogen-bond donors (Lipinski definition) is 1. The zero-order chi connectivity index (χ0) is 12.1. The molecule has 0 bridgehead atoms. The zero-order valence-electron chi connectivity index (χ0n) is 10.2. The van der Waals surface area contributed by atoms with Crippen molar-refractivity contribution in [1.82, 2.24) is 5.48 Å². The first-order chi connectivity index (χ1) is 8.24. The first-order valence-corrected chi connectivity index (χ1v) is 6.24. The average Bonchev–Trinajstić information content (AvgIpc) is 2.79. The summed E-state index contributed by atoms with van der Waals surface area (Å²) >= 11 is 0. The van der Waals surface area contributed by atoms with Gasteiger partial charge in [-0.05, 0) is 25.3 Å². The number of amides is 1. The van der Waals surface area contributed by atoms with E-state index in [9.17, 15) is 4.79 Å². The van der Waals surface area contributed by atoms with Crippen molar-refractivity contribution >= 4 is 5.91 Å². The molecule has 1 saturated carbocycles. The van der Waals surface area contributed by atoms with Crippen LogP contribution in [0.5, 0.6) is 0 Å². The Labute approximate surface area is 102 Å². The Bertz CT molecular complexity index is 384. The average molecular weight is 233 g/mol. The fraction of sp³-hybridized carbons (Fsp3) is 0.500. The summed E-state index contributed by atoms with van der Waals surface area (Å²) in [7, 11) is 0. The second kappa shape index (κ2) is 5.82. The number of hydroxylamine groups is 1. The molecule has 92 valence electrons. The molecule has 1 amide bonds. The molecule has 3 nitrogen and oxygen atoms in total. The Balaban J connectivity index is 1.76. The third-order valence-electron chi connectivity index (χ3n) is 3.09. The molecular formula is C14H19NO2. The maximum atomic E-state index is 11.6. The molecule has 3 heteroatoms. The van der Waals surface area contributed by atoms with Crippen LogP contribution in [0, 0.1) is 6.92 Å². The van der Waals surface area contributed by atoms with Crippen molar-refractivity contribution in [3.8, 4) is 0 Å². The third kappa shape index (κ3) is 3.86. The smallest absolute Gasteiger partial charge is 0.247 e. The lowest BCUT2D eigenvalue weighted by molar-refractivity contribution is -0.137. The molecule has 1 aromatic rings. The van der Waals surface area contributed by atoms with Crippen LogP contribution >= 0.6 is 0 Å². The van der Waals surface area contributed by atoms with Gasteiger partial charge in [-0.25, -0.2) is 5.48 Å². The minimum Gasteiger partial charge on any atom is -0.272 e. The highest BCUT2D eigenvalue weighted by molar-refractivity contribution is 5.77. The van der Waals surface area contributed by atoms with E-state index < -0.39 is 0 Å². The van der Waals surface area contributed by atoms with Crippen LogP contribution in [-0.4, -0.2) is 12.0 Å². The summed E-state index contributed by atoms with van der Waals surface area (Å²) in [5.74, 6) is -0.0671. The van der Waals surface area contributed by atoms with Gasteiger partial charge < -0.3 is 0 Å². The second-order valence-corrected chi connectivity index (χ2v) is 4.72. The lowest BCUT2D eigenvalue weighted by Crippen LogP contribution is -2.29. The predicted octanol–water partition coefficient (Wildman–Crippen LogP) is 2.53. The van der Waals surface area contributed by atoms with E-state index in [0.717, 1.165) is 18.4 Å². The number of hydrogen-bond acceptors (Lipinski definition) is 2. The molecule has 2 rings (SSSR count). The van der Waals surface area contributed by atoms with Crippen LogP contribution in [0.4, 0.5) is 0 Å². The summed E-state index contributed by atoms with van der Waals surface area (Å²) < 4.78 is 0. The molecule has 0 aromatic heterocycles. The van der Waals surface area contributed by atoms with Crippen molar-refractivity contribution in [1.29, 1.82) is 0 Å². The van der Waals surface area contributed by atoms with Crippen molar-refractivity contribution in [2.45, 2.75) is 45.1 Å². The molecule has 0 atom stereocenters. The molecule has 1 aliphatic carbocycles. The largest absolute Gasteiger partial charge is 0.272 e. The number of carbonyl (C=O) groups is 1. The van der Waals surface area contributed by atoms with E-state index in [2.05, 4.69) is 5.48 Å². The molecule has 0 saturated heterocycles. The summed E-state index contributed by atoms with van der Waals surface area (Å²) in [6, 6.07) is 7.98. The van der Waals surface area contributed by atoms with Crippen LogP contribution < -0.4 is 5.48 Å². The van der Waals surface area contributed by atoms with Gasteiger partial charge in [0.25, 0.3) is 0 Å². The maximum Gasteiger partial charge on any atom is 0.247 e. The van der Waals surface area contributed by atoms with Gasteiger partial charge in [-0.15, -0.1) is 0 Å². The van der Waals surface area contributed by atoms with E-state index >= 15 is 0 Å². The molecule has 1 aliphatic rings. The van der Waals surface area contributed by atoms with Crippen LogP contribution in [0.15, 0.2) is 24.3 Å². The molecule has 17 heavy (non-hydrogen) atoms. The molecule has 0 unspecified atom stereocenters. The van der Waals surface area contributed by atoms with E-state index in [0.29, 0.717) is 6.42 Å². The zero-order valence-corrected chi connectivity index (χ0v) is 10.2. The van der Waals surface area contributed by atoms with E-state index in [1.54, 1.807) is 0 Å². The van der Waals surface area contributed by atoms with Gasteiger partial charge in [0.2, 0.25) is 5.91 Å². The predicted molar refractivity (Wildman–Crippen MR) is 66.4 cm³/mol. The molecular weight excluding hydrogens is 214 g/mol. The number of nitrogens with one attached hydrogen (secondary N) is 1. The van der Waals surface area contributed by atoms with Crippen molar-refractivity contribution in [3.63, 3.8) is 0 Å². The van der Waals surface area contributed by atoms with Gasteiger partial charge in [-0.1, -0.05) is 42.7 Å². The van der Waals surface area contributed by atoms with Gasteiger partial charge in [0.15, 0.2) is 0 Å². The van der Waals surface area contributed by atoms with Crippen molar-refractivity contribution in [2.24, 2.45) is 0 Å². The second-order valence-electron chi connectivity index (χ2n) is 4.72. The lowest BCUT2D eigenvalue weighted by Gasteiger charge is -2.11. The minimum atomic E-state index is -0.0671.